The van der Waals surface area contributed by atoms with Gasteiger partial charge in [0.05, 0.1) is 23.6 Å². The third-order valence-corrected chi connectivity index (χ3v) is 8.15. The number of aryl methyl sites for hydroxylation is 2. The number of anilines is 2. The van der Waals surface area contributed by atoms with E-state index < -0.39 is 17.6 Å². The molecule has 2 aromatic carbocycles. The molecule has 6 rings (SSSR count). The summed E-state index contributed by atoms with van der Waals surface area (Å²) in [6.07, 6.45) is -0.245. The van der Waals surface area contributed by atoms with E-state index in [2.05, 4.69) is 25.6 Å². The van der Waals surface area contributed by atoms with Crippen molar-refractivity contribution in [3.05, 3.63) is 71.2 Å². The molecule has 0 aliphatic carbocycles. The number of alkyl halides is 3. The van der Waals surface area contributed by atoms with Crippen molar-refractivity contribution >= 4 is 17.3 Å². The highest BCUT2D eigenvalue weighted by molar-refractivity contribution is 6.05. The van der Waals surface area contributed by atoms with Gasteiger partial charge < -0.3 is 16.0 Å². The van der Waals surface area contributed by atoms with E-state index in [1.54, 1.807) is 46.0 Å². The van der Waals surface area contributed by atoms with Crippen LogP contribution in [0.2, 0.25) is 0 Å². The Morgan fingerprint density at radius 3 is 2.59 bits per heavy atom. The quantitative estimate of drug-likeness (QED) is 0.367. The molecule has 41 heavy (non-hydrogen) atoms. The van der Waals surface area contributed by atoms with Crippen LogP contribution in [0.4, 0.5) is 24.5 Å². The minimum absolute atomic E-state index is 0.0792. The van der Waals surface area contributed by atoms with Gasteiger partial charge in [0.1, 0.15) is 5.69 Å². The number of amides is 1. The predicted octanol–water partition coefficient (Wildman–Crippen LogP) is 3.73. The van der Waals surface area contributed by atoms with E-state index in [9.17, 15) is 18.0 Å². The lowest BCUT2D eigenvalue weighted by Gasteiger charge is -2.35. The average molecular weight is 566 g/mol. The number of fused-ring (bicyclic) bond motifs is 2. The van der Waals surface area contributed by atoms with Crippen LogP contribution in [0.5, 0.6) is 0 Å². The summed E-state index contributed by atoms with van der Waals surface area (Å²) in [6.45, 7) is 5.53. The molecule has 10 nitrogen and oxygen atoms in total. The van der Waals surface area contributed by atoms with Crippen molar-refractivity contribution in [1.82, 2.24) is 29.7 Å². The number of piperazine rings is 1. The Hall–Kier alpha value is -4.23. The van der Waals surface area contributed by atoms with Gasteiger partial charge in [0.2, 0.25) is 0 Å². The maximum Gasteiger partial charge on any atom is 0.416 e. The molecular formula is C28H30F3N9O. The molecular weight excluding hydrogens is 535 g/mol. The molecule has 0 saturated carbocycles. The molecule has 2 aliphatic heterocycles. The fourth-order valence-corrected chi connectivity index (χ4v) is 5.76. The lowest BCUT2D eigenvalue weighted by molar-refractivity contribution is -0.137. The van der Waals surface area contributed by atoms with Crippen molar-refractivity contribution in [2.45, 2.75) is 38.5 Å². The molecule has 4 heterocycles. The second-order valence-electron chi connectivity index (χ2n) is 10.7. The number of nitrogens with two attached hydrogens (primary N) is 1. The highest BCUT2D eigenvalue weighted by atomic mass is 19.4. The summed E-state index contributed by atoms with van der Waals surface area (Å²) in [5, 5.41) is 15.4. The standard InChI is InChI=1S/C28H30F3N9O/c1-16-4-5-18(6-26(16)40-14-25(35-36-40)24-11-33-37(3)17(24)2)27(41)34-20-7-19(28(29,30)31)8-21(9-20)39-13-22-10-23(39)12-38(22)15-32/h4-9,11,14,22-23H,10,12-13,15,32H2,1-3H3,(H,34,41). The van der Waals surface area contributed by atoms with Crippen molar-refractivity contribution in [2.24, 2.45) is 12.8 Å². The summed E-state index contributed by atoms with van der Waals surface area (Å²) in [6, 6.07) is 9.07. The smallest absolute Gasteiger partial charge is 0.366 e. The van der Waals surface area contributed by atoms with Gasteiger partial charge in [-0.25, -0.2) is 4.68 Å². The Bertz CT molecular complexity index is 1630. The van der Waals surface area contributed by atoms with Crippen molar-refractivity contribution < 1.29 is 18.0 Å². The van der Waals surface area contributed by atoms with E-state index in [0.717, 1.165) is 35.4 Å². The molecule has 0 radical (unpaired) electrons. The summed E-state index contributed by atoms with van der Waals surface area (Å²) >= 11 is 0. The third kappa shape index (κ3) is 4.95. The number of benzene rings is 2. The van der Waals surface area contributed by atoms with E-state index in [1.807, 2.05) is 25.8 Å². The molecule has 4 aromatic rings. The lowest BCUT2D eigenvalue weighted by Crippen LogP contribution is -2.48. The van der Waals surface area contributed by atoms with E-state index >= 15 is 0 Å². The SMILES string of the molecule is Cc1ccc(C(=O)Nc2cc(N3CC4CC3CN4CN)cc(C(F)(F)F)c2)cc1-n1cc(-c2cnn(C)c2C)nn1. The van der Waals surface area contributed by atoms with E-state index in [1.165, 1.54) is 0 Å². The Labute approximate surface area is 234 Å². The van der Waals surface area contributed by atoms with Gasteiger partial charge in [-0.2, -0.15) is 18.3 Å². The number of rotatable bonds is 6. The highest BCUT2D eigenvalue weighted by Crippen LogP contribution is 2.39. The number of halogens is 3. The zero-order valence-corrected chi connectivity index (χ0v) is 22.9. The number of hydrogen-bond acceptors (Lipinski definition) is 7. The number of nitrogens with one attached hydrogen (secondary N) is 1. The first-order valence-electron chi connectivity index (χ1n) is 13.3. The van der Waals surface area contributed by atoms with Gasteiger partial charge in [0.15, 0.2) is 0 Å². The van der Waals surface area contributed by atoms with Crippen LogP contribution in [0.25, 0.3) is 16.9 Å². The molecule has 0 spiro atoms. The van der Waals surface area contributed by atoms with Crippen LogP contribution in [0.3, 0.4) is 0 Å². The predicted molar refractivity (Wildman–Crippen MR) is 148 cm³/mol. The van der Waals surface area contributed by atoms with Crippen LogP contribution in [0, 0.1) is 13.8 Å². The fourth-order valence-electron chi connectivity index (χ4n) is 5.76. The first-order valence-corrected chi connectivity index (χ1v) is 13.3. The van der Waals surface area contributed by atoms with Crippen molar-refractivity contribution in [3.8, 4) is 16.9 Å². The summed E-state index contributed by atoms with van der Waals surface area (Å²) in [5.41, 5.74) is 9.66. The minimum atomic E-state index is -4.56. The zero-order valence-electron chi connectivity index (χ0n) is 22.9. The molecule has 2 saturated heterocycles. The lowest BCUT2D eigenvalue weighted by atomic mass is 10.1. The van der Waals surface area contributed by atoms with Gasteiger partial charge in [-0.1, -0.05) is 11.3 Å². The van der Waals surface area contributed by atoms with Gasteiger partial charge in [-0.3, -0.25) is 14.4 Å². The van der Waals surface area contributed by atoms with Gasteiger partial charge in [0.25, 0.3) is 5.91 Å². The number of carbonyl (C=O) groups excluding carboxylic acids is 1. The summed E-state index contributed by atoms with van der Waals surface area (Å²) in [7, 11) is 1.84. The van der Waals surface area contributed by atoms with Crippen LogP contribution in [-0.2, 0) is 13.2 Å². The van der Waals surface area contributed by atoms with Gasteiger partial charge in [-0.05, 0) is 56.2 Å². The first-order chi connectivity index (χ1) is 19.5. The molecule has 214 valence electrons. The van der Waals surface area contributed by atoms with Crippen LogP contribution >= 0.6 is 0 Å². The Kier molecular flexibility index (Phi) is 6.57. The van der Waals surface area contributed by atoms with Crippen molar-refractivity contribution in [3.63, 3.8) is 0 Å². The minimum Gasteiger partial charge on any atom is -0.366 e. The van der Waals surface area contributed by atoms with Gasteiger partial charge in [0, 0.05) is 67.1 Å². The van der Waals surface area contributed by atoms with Crippen LogP contribution < -0.4 is 16.0 Å². The summed E-state index contributed by atoms with van der Waals surface area (Å²) < 4.78 is 44.9. The second kappa shape index (κ2) is 10.00. The number of nitrogens with zero attached hydrogens (tertiary/aromatic N) is 7. The molecule has 2 aliphatic rings. The molecule has 1 amide bonds. The van der Waals surface area contributed by atoms with Crippen LogP contribution in [0.1, 0.15) is 33.6 Å². The van der Waals surface area contributed by atoms with E-state index in [-0.39, 0.29) is 23.3 Å². The molecule has 3 N–H and O–H groups in total. The fraction of sp³-hybridized carbons (Fsp3) is 0.357. The molecule has 2 fully saturated rings. The Balaban J connectivity index is 1.27. The molecule has 2 atom stereocenters. The maximum absolute atomic E-state index is 13.9. The normalized spacial score (nSPS) is 18.9. The largest absolute Gasteiger partial charge is 0.416 e. The van der Waals surface area contributed by atoms with Crippen LogP contribution in [0.15, 0.2) is 48.8 Å². The van der Waals surface area contributed by atoms with Crippen LogP contribution in [-0.4, -0.2) is 67.4 Å². The molecule has 2 bridgehead atoms. The summed E-state index contributed by atoms with van der Waals surface area (Å²) in [5.74, 6) is -0.530. The Morgan fingerprint density at radius 2 is 1.93 bits per heavy atom. The number of likely N-dealkylation sites (tertiary alicyclic amines) is 1. The molecule has 13 heteroatoms. The van der Waals surface area contributed by atoms with Crippen molar-refractivity contribution in [1.29, 1.82) is 0 Å². The van der Waals surface area contributed by atoms with E-state index in [0.29, 0.717) is 36.8 Å². The summed E-state index contributed by atoms with van der Waals surface area (Å²) in [4.78, 5) is 17.4. The highest BCUT2D eigenvalue weighted by Gasteiger charge is 2.43. The maximum atomic E-state index is 13.9. The molecule has 2 aromatic heterocycles. The zero-order chi connectivity index (χ0) is 29.1. The third-order valence-electron chi connectivity index (χ3n) is 8.15. The van der Waals surface area contributed by atoms with E-state index in [4.69, 9.17) is 5.73 Å². The monoisotopic (exact) mass is 565 g/mol. The number of aromatic nitrogens is 5. The topological polar surface area (TPSA) is 110 Å². The first kappa shape index (κ1) is 27.0. The number of hydrogen-bond donors (Lipinski definition) is 2. The number of carbonyl (C=O) groups is 1. The second-order valence-corrected chi connectivity index (χ2v) is 10.7. The Morgan fingerprint density at radius 1 is 1.12 bits per heavy atom. The van der Waals surface area contributed by atoms with Crippen molar-refractivity contribution in [2.75, 3.05) is 30.0 Å². The van der Waals surface area contributed by atoms with Gasteiger partial charge >= 0.3 is 6.18 Å². The molecule has 2 unspecified atom stereocenters. The van der Waals surface area contributed by atoms with Gasteiger partial charge in [-0.15, -0.1) is 5.10 Å². The average Bonchev–Trinajstić information content (AvgIpc) is 3.73.